The van der Waals surface area contributed by atoms with Crippen molar-refractivity contribution < 1.29 is 9.18 Å². The van der Waals surface area contributed by atoms with E-state index in [2.05, 4.69) is 10.6 Å². The molecular formula is C11H12FN3OS. The average molecular weight is 253 g/mol. The molecule has 2 amide bonds. The van der Waals surface area contributed by atoms with Crippen LogP contribution in [0.5, 0.6) is 0 Å². The van der Waals surface area contributed by atoms with Gasteiger partial charge in [-0.25, -0.2) is 9.18 Å². The van der Waals surface area contributed by atoms with Crippen LogP contribution in [0.2, 0.25) is 0 Å². The number of nitrogens with one attached hydrogen (secondary N) is 2. The maximum atomic E-state index is 13.5. The maximum absolute atomic E-state index is 13.5. The van der Waals surface area contributed by atoms with Gasteiger partial charge < -0.3 is 16.4 Å². The molecule has 0 aliphatic heterocycles. The van der Waals surface area contributed by atoms with Crippen molar-refractivity contribution >= 4 is 28.9 Å². The fraction of sp³-hybridized carbons (Fsp3) is 0.273. The number of thiocarbonyl (C=S) groups is 1. The van der Waals surface area contributed by atoms with Crippen LogP contribution in [0.3, 0.4) is 0 Å². The van der Waals surface area contributed by atoms with E-state index in [1.807, 2.05) is 0 Å². The summed E-state index contributed by atoms with van der Waals surface area (Å²) < 4.78 is 13.5. The number of benzene rings is 1. The molecule has 0 spiro atoms. The Morgan fingerprint density at radius 1 is 1.47 bits per heavy atom. The van der Waals surface area contributed by atoms with E-state index in [1.54, 1.807) is 6.07 Å². The number of halogens is 1. The van der Waals surface area contributed by atoms with Crippen molar-refractivity contribution in [2.24, 2.45) is 5.73 Å². The van der Waals surface area contributed by atoms with Crippen LogP contribution in [0.25, 0.3) is 0 Å². The summed E-state index contributed by atoms with van der Waals surface area (Å²) in [5.74, 6) is -0.540. The number of urea groups is 1. The van der Waals surface area contributed by atoms with Crippen LogP contribution in [0.1, 0.15) is 18.4 Å². The lowest BCUT2D eigenvalue weighted by Gasteiger charge is -2.11. The van der Waals surface area contributed by atoms with Gasteiger partial charge in [0.15, 0.2) is 0 Å². The summed E-state index contributed by atoms with van der Waals surface area (Å²) in [5.41, 5.74) is 5.78. The van der Waals surface area contributed by atoms with E-state index in [0.717, 1.165) is 12.8 Å². The highest BCUT2D eigenvalue weighted by atomic mass is 32.1. The van der Waals surface area contributed by atoms with Crippen LogP contribution in [-0.4, -0.2) is 17.1 Å². The second-order valence-electron chi connectivity index (χ2n) is 3.90. The van der Waals surface area contributed by atoms with Gasteiger partial charge in [-0.3, -0.25) is 0 Å². The summed E-state index contributed by atoms with van der Waals surface area (Å²) in [4.78, 5) is 11.4. The molecule has 1 fully saturated rings. The molecule has 0 bridgehead atoms. The lowest BCUT2D eigenvalue weighted by Crippen LogP contribution is -2.31. The Balaban J connectivity index is 2.16. The quantitative estimate of drug-likeness (QED) is 0.719. The number of nitrogens with two attached hydrogens (primary N) is 1. The zero-order chi connectivity index (χ0) is 12.4. The molecule has 6 heteroatoms. The molecule has 1 aromatic carbocycles. The highest BCUT2D eigenvalue weighted by Gasteiger charge is 2.23. The van der Waals surface area contributed by atoms with Crippen LogP contribution in [-0.2, 0) is 0 Å². The predicted octanol–water partition coefficient (Wildman–Crippen LogP) is 1.74. The SMILES string of the molecule is NC(=S)c1c(F)cccc1NC(=O)NC1CC1. The van der Waals surface area contributed by atoms with Gasteiger partial charge in [-0.1, -0.05) is 18.3 Å². The van der Waals surface area contributed by atoms with E-state index < -0.39 is 5.82 Å². The Labute approximate surface area is 103 Å². The minimum absolute atomic E-state index is 0.0634. The number of anilines is 1. The Morgan fingerprint density at radius 3 is 2.76 bits per heavy atom. The largest absolute Gasteiger partial charge is 0.389 e. The molecule has 0 radical (unpaired) electrons. The molecule has 0 heterocycles. The molecule has 0 aromatic heterocycles. The third kappa shape index (κ3) is 2.91. The average Bonchev–Trinajstić information content (AvgIpc) is 3.00. The highest BCUT2D eigenvalue weighted by molar-refractivity contribution is 7.80. The van der Waals surface area contributed by atoms with Crippen molar-refractivity contribution in [3.05, 3.63) is 29.6 Å². The molecule has 0 saturated heterocycles. The molecule has 4 N–H and O–H groups in total. The van der Waals surface area contributed by atoms with Crippen molar-refractivity contribution in [2.75, 3.05) is 5.32 Å². The van der Waals surface area contributed by atoms with E-state index in [4.69, 9.17) is 18.0 Å². The highest BCUT2D eigenvalue weighted by Crippen LogP contribution is 2.21. The Bertz CT molecular complexity index is 474. The molecule has 0 atom stereocenters. The number of hydrogen-bond acceptors (Lipinski definition) is 2. The first kappa shape index (κ1) is 11.8. The molecule has 1 saturated carbocycles. The standard InChI is InChI=1S/C11H12FN3OS/c12-7-2-1-3-8(9(7)10(13)17)15-11(16)14-6-4-5-6/h1-3,6H,4-5H2,(H2,13,17)(H2,14,15,16). The van der Waals surface area contributed by atoms with Crippen LogP contribution in [0, 0.1) is 5.82 Å². The zero-order valence-corrected chi connectivity index (χ0v) is 9.81. The number of rotatable bonds is 3. The summed E-state index contributed by atoms with van der Waals surface area (Å²) in [6.07, 6.45) is 1.97. The molecule has 0 unspecified atom stereocenters. The van der Waals surface area contributed by atoms with Gasteiger partial charge in [-0.2, -0.15) is 0 Å². The molecule has 1 aromatic rings. The van der Waals surface area contributed by atoms with Gasteiger partial charge in [0.05, 0.1) is 11.3 Å². The van der Waals surface area contributed by atoms with E-state index in [9.17, 15) is 9.18 Å². The molecule has 1 aliphatic carbocycles. The van der Waals surface area contributed by atoms with Crippen molar-refractivity contribution in [1.82, 2.24) is 5.32 Å². The number of amides is 2. The molecule has 90 valence electrons. The van der Waals surface area contributed by atoms with Crippen LogP contribution in [0.4, 0.5) is 14.9 Å². The number of hydrogen-bond donors (Lipinski definition) is 3. The molecule has 2 rings (SSSR count). The van der Waals surface area contributed by atoms with Gasteiger partial charge >= 0.3 is 6.03 Å². The topological polar surface area (TPSA) is 67.1 Å². The van der Waals surface area contributed by atoms with Gasteiger partial charge in [-0.05, 0) is 25.0 Å². The minimum Gasteiger partial charge on any atom is -0.389 e. The summed E-state index contributed by atoms with van der Waals surface area (Å²) in [6, 6.07) is 4.17. The molecule has 17 heavy (non-hydrogen) atoms. The van der Waals surface area contributed by atoms with Crippen molar-refractivity contribution in [3.8, 4) is 0 Å². The number of carbonyl (C=O) groups excluding carboxylic acids is 1. The Hall–Kier alpha value is -1.69. The van der Waals surface area contributed by atoms with Gasteiger partial charge in [0, 0.05) is 6.04 Å². The van der Waals surface area contributed by atoms with Crippen molar-refractivity contribution in [1.29, 1.82) is 0 Å². The molecule has 1 aliphatic rings. The minimum atomic E-state index is -0.540. The first-order valence-electron chi connectivity index (χ1n) is 5.24. The summed E-state index contributed by atoms with van der Waals surface area (Å²) >= 11 is 4.76. The predicted molar refractivity (Wildman–Crippen MR) is 67.5 cm³/mol. The second kappa shape index (κ2) is 4.67. The fourth-order valence-corrected chi connectivity index (χ4v) is 1.66. The first-order chi connectivity index (χ1) is 8.08. The summed E-state index contributed by atoms with van der Waals surface area (Å²) in [7, 11) is 0. The molecular weight excluding hydrogens is 241 g/mol. The third-order valence-electron chi connectivity index (χ3n) is 2.42. The zero-order valence-electron chi connectivity index (χ0n) is 9.00. The lowest BCUT2D eigenvalue weighted by molar-refractivity contribution is 0.251. The Morgan fingerprint density at radius 2 is 2.18 bits per heavy atom. The Kier molecular flexibility index (Phi) is 3.23. The van der Waals surface area contributed by atoms with Crippen LogP contribution >= 0.6 is 12.2 Å². The summed E-state index contributed by atoms with van der Waals surface area (Å²) in [5, 5.41) is 5.28. The van der Waals surface area contributed by atoms with Crippen LogP contribution in [0.15, 0.2) is 18.2 Å². The lowest BCUT2D eigenvalue weighted by atomic mass is 10.1. The third-order valence-corrected chi connectivity index (χ3v) is 2.62. The smallest absolute Gasteiger partial charge is 0.319 e. The number of carbonyl (C=O) groups is 1. The van der Waals surface area contributed by atoms with Gasteiger partial charge in [0.1, 0.15) is 10.8 Å². The first-order valence-corrected chi connectivity index (χ1v) is 5.64. The van der Waals surface area contributed by atoms with Gasteiger partial charge in [-0.15, -0.1) is 0 Å². The maximum Gasteiger partial charge on any atom is 0.319 e. The van der Waals surface area contributed by atoms with Crippen molar-refractivity contribution in [3.63, 3.8) is 0 Å². The van der Waals surface area contributed by atoms with Gasteiger partial charge in [0.25, 0.3) is 0 Å². The van der Waals surface area contributed by atoms with Gasteiger partial charge in [0.2, 0.25) is 0 Å². The van der Waals surface area contributed by atoms with E-state index in [-0.39, 0.29) is 28.3 Å². The molecule has 4 nitrogen and oxygen atoms in total. The van der Waals surface area contributed by atoms with E-state index >= 15 is 0 Å². The van der Waals surface area contributed by atoms with Crippen molar-refractivity contribution in [2.45, 2.75) is 18.9 Å². The van der Waals surface area contributed by atoms with E-state index in [1.165, 1.54) is 12.1 Å². The fourth-order valence-electron chi connectivity index (χ4n) is 1.45. The summed E-state index contributed by atoms with van der Waals surface area (Å²) in [6.45, 7) is 0. The van der Waals surface area contributed by atoms with Crippen LogP contribution < -0.4 is 16.4 Å². The second-order valence-corrected chi connectivity index (χ2v) is 4.34. The van der Waals surface area contributed by atoms with E-state index in [0.29, 0.717) is 0 Å². The normalized spacial score (nSPS) is 14.2. The monoisotopic (exact) mass is 253 g/mol.